The van der Waals surface area contributed by atoms with Gasteiger partial charge in [-0.2, -0.15) is 0 Å². The Labute approximate surface area is 158 Å². The lowest BCUT2D eigenvalue weighted by Crippen LogP contribution is -2.28. The lowest BCUT2D eigenvalue weighted by Gasteiger charge is -2.10. The first-order valence-corrected chi connectivity index (χ1v) is 8.73. The van der Waals surface area contributed by atoms with Crippen LogP contribution < -0.4 is 15.4 Å². The van der Waals surface area contributed by atoms with Crippen molar-refractivity contribution in [3.63, 3.8) is 0 Å². The van der Waals surface area contributed by atoms with Gasteiger partial charge < -0.3 is 24.7 Å². The topological polar surface area (TPSA) is 64.5 Å². The highest BCUT2D eigenvalue weighted by Gasteiger charge is 2.04. The Balaban J connectivity index is 1.49. The van der Waals surface area contributed by atoms with Crippen LogP contribution in [0.2, 0.25) is 0 Å². The number of nitrogens with one attached hydrogen (secondary N) is 2. The van der Waals surface area contributed by atoms with Gasteiger partial charge in [0.15, 0.2) is 0 Å². The Bertz CT molecular complexity index is 845. The highest BCUT2D eigenvalue weighted by molar-refractivity contribution is 5.89. The van der Waals surface area contributed by atoms with Gasteiger partial charge in [0.2, 0.25) is 0 Å². The summed E-state index contributed by atoms with van der Waals surface area (Å²) < 4.78 is 12.5. The van der Waals surface area contributed by atoms with E-state index in [4.69, 9.17) is 9.47 Å². The fourth-order valence-corrected chi connectivity index (χ4v) is 2.55. The van der Waals surface area contributed by atoms with Crippen LogP contribution in [-0.2, 0) is 11.3 Å². The van der Waals surface area contributed by atoms with Crippen molar-refractivity contribution in [3.05, 3.63) is 78.6 Å². The summed E-state index contributed by atoms with van der Waals surface area (Å²) in [5, 5.41) is 5.71. The average Bonchev–Trinajstić information content (AvgIpc) is 3.23. The molecule has 0 unspecified atom stereocenters. The van der Waals surface area contributed by atoms with E-state index in [1.165, 1.54) is 0 Å². The third kappa shape index (κ3) is 5.62. The van der Waals surface area contributed by atoms with Crippen molar-refractivity contribution < 1.29 is 14.3 Å². The van der Waals surface area contributed by atoms with Crippen LogP contribution in [0.25, 0.3) is 5.69 Å². The Kier molecular flexibility index (Phi) is 6.49. The number of benzene rings is 2. The number of hydrogen-bond donors (Lipinski definition) is 2. The SMILES string of the molecule is COCCOc1ccc(CNC(=O)Nc2cccc(-n3cccc3)c2)cc1. The van der Waals surface area contributed by atoms with Crippen molar-refractivity contribution in [2.45, 2.75) is 6.54 Å². The Hall–Kier alpha value is -3.25. The smallest absolute Gasteiger partial charge is 0.319 e. The van der Waals surface area contributed by atoms with Gasteiger partial charge in [0.25, 0.3) is 0 Å². The molecule has 0 atom stereocenters. The molecule has 1 aromatic heterocycles. The second-order valence-corrected chi connectivity index (χ2v) is 5.93. The third-order valence-corrected chi connectivity index (χ3v) is 3.94. The van der Waals surface area contributed by atoms with Gasteiger partial charge in [0, 0.05) is 37.4 Å². The maximum Gasteiger partial charge on any atom is 0.319 e. The summed E-state index contributed by atoms with van der Waals surface area (Å²) in [5.74, 6) is 0.780. The Morgan fingerprint density at radius 2 is 1.78 bits per heavy atom. The molecule has 2 amide bonds. The normalized spacial score (nSPS) is 10.4. The van der Waals surface area contributed by atoms with E-state index in [1.54, 1.807) is 7.11 Å². The molecule has 0 saturated carbocycles. The van der Waals surface area contributed by atoms with Gasteiger partial charge in [-0.1, -0.05) is 18.2 Å². The second kappa shape index (κ2) is 9.45. The van der Waals surface area contributed by atoms with Gasteiger partial charge >= 0.3 is 6.03 Å². The standard InChI is InChI=1S/C21H23N3O3/c1-26-13-14-27-20-9-7-17(8-10-20)16-22-21(25)23-18-5-4-6-19(15-18)24-11-2-3-12-24/h2-12,15H,13-14,16H2,1H3,(H2,22,23,25). The number of ether oxygens (including phenoxy) is 2. The molecule has 6 heteroatoms. The van der Waals surface area contributed by atoms with Crippen molar-refractivity contribution >= 4 is 11.7 Å². The maximum atomic E-state index is 12.2. The zero-order chi connectivity index (χ0) is 18.9. The van der Waals surface area contributed by atoms with E-state index in [-0.39, 0.29) is 6.03 Å². The molecule has 0 fully saturated rings. The number of methoxy groups -OCH3 is 1. The van der Waals surface area contributed by atoms with Gasteiger partial charge in [-0.3, -0.25) is 0 Å². The molecule has 0 bridgehead atoms. The molecular formula is C21H23N3O3. The zero-order valence-electron chi connectivity index (χ0n) is 15.2. The molecule has 27 heavy (non-hydrogen) atoms. The summed E-state index contributed by atoms with van der Waals surface area (Å²) in [5.41, 5.74) is 2.72. The molecule has 2 N–H and O–H groups in total. The highest BCUT2D eigenvalue weighted by Crippen LogP contribution is 2.15. The van der Waals surface area contributed by atoms with Crippen molar-refractivity contribution in [2.24, 2.45) is 0 Å². The van der Waals surface area contributed by atoms with Gasteiger partial charge in [-0.25, -0.2) is 4.79 Å². The molecule has 2 aromatic carbocycles. The number of hydrogen-bond acceptors (Lipinski definition) is 3. The third-order valence-electron chi connectivity index (χ3n) is 3.94. The van der Waals surface area contributed by atoms with Crippen molar-refractivity contribution in [1.82, 2.24) is 9.88 Å². The zero-order valence-corrected chi connectivity index (χ0v) is 15.2. The van der Waals surface area contributed by atoms with Crippen LogP contribution in [0.4, 0.5) is 10.5 Å². The minimum absolute atomic E-state index is 0.250. The first kappa shape index (κ1) is 18.5. The molecule has 3 aromatic rings. The molecule has 0 radical (unpaired) electrons. The minimum Gasteiger partial charge on any atom is -0.491 e. The highest BCUT2D eigenvalue weighted by atomic mass is 16.5. The van der Waals surface area contributed by atoms with Crippen molar-refractivity contribution in [3.8, 4) is 11.4 Å². The second-order valence-electron chi connectivity index (χ2n) is 5.93. The van der Waals surface area contributed by atoms with E-state index in [1.807, 2.05) is 77.6 Å². The summed E-state index contributed by atoms with van der Waals surface area (Å²) in [6.45, 7) is 1.50. The van der Waals surface area contributed by atoms with Gasteiger partial charge in [0.05, 0.1) is 6.61 Å². The molecule has 1 heterocycles. The lowest BCUT2D eigenvalue weighted by molar-refractivity contribution is 0.146. The lowest BCUT2D eigenvalue weighted by atomic mass is 10.2. The fourth-order valence-electron chi connectivity index (χ4n) is 2.55. The summed E-state index contributed by atoms with van der Waals surface area (Å²) >= 11 is 0. The number of nitrogens with zero attached hydrogens (tertiary/aromatic N) is 1. The van der Waals surface area contributed by atoms with Crippen LogP contribution in [0.15, 0.2) is 73.1 Å². The van der Waals surface area contributed by atoms with Crippen LogP contribution in [0.3, 0.4) is 0 Å². The van der Waals surface area contributed by atoms with Crippen molar-refractivity contribution in [2.75, 3.05) is 25.6 Å². The van der Waals surface area contributed by atoms with Gasteiger partial charge in [0.1, 0.15) is 12.4 Å². The van der Waals surface area contributed by atoms with Crippen LogP contribution in [0.1, 0.15) is 5.56 Å². The summed E-state index contributed by atoms with van der Waals surface area (Å²) in [7, 11) is 1.64. The van der Waals surface area contributed by atoms with Crippen LogP contribution in [-0.4, -0.2) is 30.9 Å². The number of amides is 2. The van der Waals surface area contributed by atoms with E-state index in [0.717, 1.165) is 22.7 Å². The molecule has 140 valence electrons. The molecule has 0 aliphatic carbocycles. The van der Waals surface area contributed by atoms with Crippen LogP contribution in [0, 0.1) is 0 Å². The summed E-state index contributed by atoms with van der Waals surface area (Å²) in [6, 6.07) is 19.0. The molecule has 0 aliphatic rings. The monoisotopic (exact) mass is 365 g/mol. The van der Waals surface area contributed by atoms with Gasteiger partial charge in [-0.05, 0) is 48.0 Å². The first-order chi connectivity index (χ1) is 13.2. The van der Waals surface area contributed by atoms with E-state index in [9.17, 15) is 4.79 Å². The quantitative estimate of drug-likeness (QED) is 0.597. The number of carbonyl (C=O) groups excluding carboxylic acids is 1. The summed E-state index contributed by atoms with van der Waals surface area (Å²) in [6.07, 6.45) is 3.92. The molecule has 0 saturated heterocycles. The molecular weight excluding hydrogens is 342 g/mol. The van der Waals surface area contributed by atoms with E-state index < -0.39 is 0 Å². The van der Waals surface area contributed by atoms with E-state index >= 15 is 0 Å². The average molecular weight is 365 g/mol. The molecule has 6 nitrogen and oxygen atoms in total. The maximum absolute atomic E-state index is 12.2. The predicted molar refractivity (Wildman–Crippen MR) is 105 cm³/mol. The Morgan fingerprint density at radius 1 is 1.00 bits per heavy atom. The number of aromatic nitrogens is 1. The van der Waals surface area contributed by atoms with E-state index in [0.29, 0.717) is 19.8 Å². The molecule has 0 aliphatic heterocycles. The van der Waals surface area contributed by atoms with E-state index in [2.05, 4.69) is 10.6 Å². The predicted octanol–water partition coefficient (Wildman–Crippen LogP) is 3.82. The van der Waals surface area contributed by atoms with Crippen LogP contribution >= 0.6 is 0 Å². The minimum atomic E-state index is -0.250. The number of carbonyl (C=O) groups is 1. The summed E-state index contributed by atoms with van der Waals surface area (Å²) in [4.78, 5) is 12.2. The fraction of sp³-hybridized carbons (Fsp3) is 0.190. The Morgan fingerprint density at radius 3 is 2.52 bits per heavy atom. The number of anilines is 1. The van der Waals surface area contributed by atoms with Gasteiger partial charge in [-0.15, -0.1) is 0 Å². The molecule has 0 spiro atoms. The largest absolute Gasteiger partial charge is 0.491 e. The number of urea groups is 1. The first-order valence-electron chi connectivity index (χ1n) is 8.73. The van der Waals surface area contributed by atoms with Crippen LogP contribution in [0.5, 0.6) is 5.75 Å². The van der Waals surface area contributed by atoms with Crippen molar-refractivity contribution in [1.29, 1.82) is 0 Å². The number of rotatable bonds is 8. The molecule has 3 rings (SSSR count).